The van der Waals surface area contributed by atoms with Crippen LogP contribution in [0.4, 0.5) is 17.1 Å². The highest BCUT2D eigenvalue weighted by atomic mass is 16.1. The van der Waals surface area contributed by atoms with Crippen molar-refractivity contribution >= 4 is 23.0 Å². The summed E-state index contributed by atoms with van der Waals surface area (Å²) in [4.78, 5) is 19.2. The lowest BCUT2D eigenvalue weighted by Gasteiger charge is -2.28. The summed E-state index contributed by atoms with van der Waals surface area (Å²) in [6, 6.07) is 3.88. The van der Waals surface area contributed by atoms with Gasteiger partial charge in [-0.25, -0.2) is 4.98 Å². The first kappa shape index (κ1) is 19.0. The average molecular weight is 371 g/mol. The second-order valence-electron chi connectivity index (χ2n) is 7.43. The number of carbonyl (C=O) groups excluding carboxylic acids is 1. The first-order chi connectivity index (χ1) is 13.0. The Kier molecular flexibility index (Phi) is 5.83. The van der Waals surface area contributed by atoms with Crippen molar-refractivity contribution in [3.63, 3.8) is 0 Å². The quantitative estimate of drug-likeness (QED) is 0.580. The van der Waals surface area contributed by atoms with E-state index >= 15 is 0 Å². The Labute approximate surface area is 159 Å². The number of nitrogens with one attached hydrogen (secondary N) is 3. The molecule has 0 aliphatic heterocycles. The molecule has 8 heteroatoms. The first-order valence-corrected chi connectivity index (χ1v) is 9.45. The molecule has 3 rings (SSSR count). The van der Waals surface area contributed by atoms with E-state index in [1.165, 1.54) is 6.33 Å². The van der Waals surface area contributed by atoms with E-state index in [1.807, 2.05) is 25.1 Å². The normalized spacial score (nSPS) is 19.5. The first-order valence-electron chi connectivity index (χ1n) is 9.45. The summed E-state index contributed by atoms with van der Waals surface area (Å²) >= 11 is 0. The van der Waals surface area contributed by atoms with Crippen LogP contribution in [0.15, 0.2) is 18.5 Å². The Bertz CT molecular complexity index is 767. The smallest absolute Gasteiger partial charge is 0.253 e. The van der Waals surface area contributed by atoms with Crippen molar-refractivity contribution in [1.82, 2.24) is 20.5 Å². The summed E-state index contributed by atoms with van der Waals surface area (Å²) in [5, 5.41) is 13.0. The van der Waals surface area contributed by atoms with E-state index < -0.39 is 0 Å². The lowest BCUT2D eigenvalue weighted by atomic mass is 9.87. The highest BCUT2D eigenvalue weighted by Crippen LogP contribution is 2.31. The molecule has 146 valence electrons. The largest absolute Gasteiger partial charge is 0.397 e. The summed E-state index contributed by atoms with van der Waals surface area (Å²) in [5.41, 5.74) is 8.85. The van der Waals surface area contributed by atoms with Gasteiger partial charge in [0.15, 0.2) is 0 Å². The molecule has 1 heterocycles. The Morgan fingerprint density at radius 2 is 2.07 bits per heavy atom. The number of carbonyl (C=O) groups is 1. The summed E-state index contributed by atoms with van der Waals surface area (Å²) in [6.07, 6.45) is 5.84. The lowest BCUT2D eigenvalue weighted by molar-refractivity contribution is 0.0923. The molecule has 8 nitrogen and oxygen atoms in total. The number of nitrogen functional groups attached to an aromatic ring is 1. The number of aromatic amines is 1. The maximum atomic E-state index is 13.0. The third kappa shape index (κ3) is 4.50. The van der Waals surface area contributed by atoms with Crippen LogP contribution in [-0.4, -0.2) is 41.2 Å². The van der Waals surface area contributed by atoms with E-state index in [1.54, 1.807) is 6.07 Å². The molecule has 27 heavy (non-hydrogen) atoms. The molecule has 5 N–H and O–H groups in total. The number of aromatic nitrogens is 3. The number of hydrogen-bond acceptors (Lipinski definition) is 6. The fourth-order valence-electron chi connectivity index (χ4n) is 3.60. The maximum Gasteiger partial charge on any atom is 0.253 e. The van der Waals surface area contributed by atoms with Crippen molar-refractivity contribution in [2.24, 2.45) is 5.92 Å². The summed E-state index contributed by atoms with van der Waals surface area (Å²) in [7, 11) is 3.74. The SMILES string of the molecule is CNc1cc(N(C)Cc2ncn[nH]2)c(C(=O)NC2CCC(C)CC2)cc1N. The van der Waals surface area contributed by atoms with Crippen LogP contribution in [0.25, 0.3) is 0 Å². The standard InChI is InChI=1S/C19H29N7O/c1-12-4-6-13(7-5-12)24-19(27)14-8-15(20)16(21-2)9-17(14)26(3)10-18-22-11-23-25-18/h8-9,11-13,21H,4-7,10,20H2,1-3H3,(H,24,27)(H,22,23,25). The molecule has 1 amide bonds. The molecule has 0 spiro atoms. The van der Waals surface area contributed by atoms with Gasteiger partial charge < -0.3 is 21.3 Å². The number of H-pyrrole nitrogens is 1. The van der Waals surface area contributed by atoms with E-state index in [2.05, 4.69) is 32.7 Å². The zero-order chi connectivity index (χ0) is 19.4. The molecule has 1 aliphatic carbocycles. The zero-order valence-electron chi connectivity index (χ0n) is 16.2. The van der Waals surface area contributed by atoms with Crippen LogP contribution >= 0.6 is 0 Å². The summed E-state index contributed by atoms with van der Waals surface area (Å²) in [5.74, 6) is 1.39. The van der Waals surface area contributed by atoms with Crippen LogP contribution in [-0.2, 0) is 6.54 Å². The molecule has 1 saturated carbocycles. The van der Waals surface area contributed by atoms with Crippen molar-refractivity contribution < 1.29 is 4.79 Å². The molecular weight excluding hydrogens is 342 g/mol. The predicted molar refractivity (Wildman–Crippen MR) is 108 cm³/mol. The molecule has 2 aromatic rings. The van der Waals surface area contributed by atoms with E-state index in [-0.39, 0.29) is 11.9 Å². The van der Waals surface area contributed by atoms with Crippen LogP contribution < -0.4 is 21.3 Å². The van der Waals surface area contributed by atoms with E-state index in [9.17, 15) is 4.79 Å². The lowest BCUT2D eigenvalue weighted by Crippen LogP contribution is -2.38. The Balaban J connectivity index is 1.83. The van der Waals surface area contributed by atoms with Crippen LogP contribution in [0.5, 0.6) is 0 Å². The third-order valence-corrected chi connectivity index (χ3v) is 5.30. The fourth-order valence-corrected chi connectivity index (χ4v) is 3.60. The van der Waals surface area contributed by atoms with Gasteiger partial charge in [-0.1, -0.05) is 6.92 Å². The van der Waals surface area contributed by atoms with Gasteiger partial charge in [-0.15, -0.1) is 0 Å². The highest BCUT2D eigenvalue weighted by Gasteiger charge is 2.23. The van der Waals surface area contributed by atoms with Crippen molar-refractivity contribution in [3.05, 3.63) is 29.8 Å². The predicted octanol–water partition coefficient (Wildman–Crippen LogP) is 2.37. The van der Waals surface area contributed by atoms with E-state index in [0.717, 1.165) is 48.8 Å². The van der Waals surface area contributed by atoms with Crippen LogP contribution in [0.2, 0.25) is 0 Å². The minimum atomic E-state index is -0.0803. The van der Waals surface area contributed by atoms with Crippen LogP contribution in [0.3, 0.4) is 0 Å². The molecule has 1 aromatic carbocycles. The number of nitrogens with zero attached hydrogens (tertiary/aromatic N) is 3. The van der Waals surface area contributed by atoms with Gasteiger partial charge in [0, 0.05) is 20.1 Å². The zero-order valence-corrected chi connectivity index (χ0v) is 16.2. The van der Waals surface area contributed by atoms with Gasteiger partial charge in [0.05, 0.1) is 29.2 Å². The minimum absolute atomic E-state index is 0.0803. The monoisotopic (exact) mass is 371 g/mol. The van der Waals surface area contributed by atoms with Gasteiger partial charge in [0.25, 0.3) is 5.91 Å². The second-order valence-corrected chi connectivity index (χ2v) is 7.43. The molecular formula is C19H29N7O. The molecule has 0 unspecified atom stereocenters. The summed E-state index contributed by atoms with van der Waals surface area (Å²) < 4.78 is 0. The summed E-state index contributed by atoms with van der Waals surface area (Å²) in [6.45, 7) is 2.78. The third-order valence-electron chi connectivity index (χ3n) is 5.30. The number of amides is 1. The second kappa shape index (κ2) is 8.28. The molecule has 0 radical (unpaired) electrons. The topological polar surface area (TPSA) is 112 Å². The highest BCUT2D eigenvalue weighted by molar-refractivity contribution is 6.02. The van der Waals surface area contributed by atoms with Gasteiger partial charge >= 0.3 is 0 Å². The molecule has 0 saturated heterocycles. The fraction of sp³-hybridized carbons (Fsp3) is 0.526. The van der Waals surface area contributed by atoms with Crippen molar-refractivity contribution in [3.8, 4) is 0 Å². The van der Waals surface area contributed by atoms with Crippen LogP contribution in [0.1, 0.15) is 48.8 Å². The number of anilines is 3. The van der Waals surface area contributed by atoms with Gasteiger partial charge in [-0.2, -0.15) is 5.10 Å². The molecule has 0 bridgehead atoms. The van der Waals surface area contributed by atoms with Gasteiger partial charge in [-0.3, -0.25) is 9.89 Å². The number of benzene rings is 1. The van der Waals surface area contributed by atoms with Crippen molar-refractivity contribution in [2.75, 3.05) is 30.0 Å². The average Bonchev–Trinajstić information content (AvgIpc) is 3.16. The van der Waals surface area contributed by atoms with Crippen molar-refractivity contribution in [2.45, 2.75) is 45.2 Å². The van der Waals surface area contributed by atoms with Gasteiger partial charge in [-0.05, 0) is 43.7 Å². The number of nitrogens with two attached hydrogens (primary N) is 1. The molecule has 1 aliphatic rings. The van der Waals surface area contributed by atoms with Gasteiger partial charge in [0.1, 0.15) is 12.2 Å². The van der Waals surface area contributed by atoms with E-state index in [4.69, 9.17) is 5.73 Å². The molecule has 1 fully saturated rings. The Morgan fingerprint density at radius 3 is 2.70 bits per heavy atom. The minimum Gasteiger partial charge on any atom is -0.397 e. The maximum absolute atomic E-state index is 13.0. The molecule has 1 aromatic heterocycles. The molecule has 0 atom stereocenters. The Hall–Kier alpha value is -2.77. The number of hydrogen-bond donors (Lipinski definition) is 4. The number of rotatable bonds is 6. The van der Waals surface area contributed by atoms with Crippen molar-refractivity contribution in [1.29, 1.82) is 0 Å². The van der Waals surface area contributed by atoms with Crippen LogP contribution in [0, 0.1) is 5.92 Å². The van der Waals surface area contributed by atoms with Gasteiger partial charge in [0.2, 0.25) is 0 Å². The van der Waals surface area contributed by atoms with E-state index in [0.29, 0.717) is 17.8 Å². The Morgan fingerprint density at radius 1 is 1.33 bits per heavy atom.